The number of amides is 1. The van der Waals surface area contributed by atoms with E-state index in [2.05, 4.69) is 5.32 Å². The van der Waals surface area contributed by atoms with Crippen LogP contribution in [0.3, 0.4) is 0 Å². The number of rotatable bonds is 7. The van der Waals surface area contributed by atoms with Crippen molar-refractivity contribution in [3.63, 3.8) is 0 Å². The first kappa shape index (κ1) is 15.7. The molecule has 1 aromatic carbocycles. The van der Waals surface area contributed by atoms with E-state index >= 15 is 0 Å². The Kier molecular flexibility index (Phi) is 5.99. The van der Waals surface area contributed by atoms with Crippen molar-refractivity contribution >= 4 is 5.91 Å². The minimum atomic E-state index is -0.843. The summed E-state index contributed by atoms with van der Waals surface area (Å²) in [5.41, 5.74) is -0.0380. The number of aliphatic hydroxyl groups is 1. The largest absolute Gasteiger partial charge is 0.388 e. The Balaban J connectivity index is 2.66. The molecule has 1 aromatic rings. The van der Waals surface area contributed by atoms with Crippen LogP contribution >= 0.6 is 0 Å². The van der Waals surface area contributed by atoms with Gasteiger partial charge in [0.1, 0.15) is 0 Å². The molecule has 1 amide bonds. The molecule has 4 nitrogen and oxygen atoms in total. The Morgan fingerprint density at radius 3 is 2.37 bits per heavy atom. The normalized spacial score (nSPS) is 13.1. The lowest BCUT2D eigenvalue weighted by Gasteiger charge is -2.26. The number of carbonyl (C=O) groups excluding carboxylic acids is 1. The third-order valence-electron chi connectivity index (χ3n) is 3.48. The lowest BCUT2D eigenvalue weighted by Crippen LogP contribution is -2.43. The molecule has 0 saturated heterocycles. The molecule has 0 saturated carbocycles. The van der Waals surface area contributed by atoms with Crippen molar-refractivity contribution in [2.45, 2.75) is 38.4 Å². The van der Waals surface area contributed by atoms with Gasteiger partial charge in [-0.3, -0.25) is 4.79 Å². The summed E-state index contributed by atoms with van der Waals surface area (Å²) in [6.45, 7) is 4.05. The standard InChI is InChI=1S/C15H23NO3/c1-4-15(18,5-2)11-16-14(17)13(19-3)12-9-7-6-8-10-12/h6-10,13,18H,4-5,11H2,1-3H3,(H,16,17). The van der Waals surface area contributed by atoms with Crippen LogP contribution in [0.15, 0.2) is 30.3 Å². The number of hydrogen-bond acceptors (Lipinski definition) is 3. The molecule has 0 heterocycles. The molecule has 0 aliphatic rings. The quantitative estimate of drug-likeness (QED) is 0.793. The Morgan fingerprint density at radius 1 is 1.32 bits per heavy atom. The minimum absolute atomic E-state index is 0.228. The van der Waals surface area contributed by atoms with Crippen molar-refractivity contribution in [3.8, 4) is 0 Å². The Hall–Kier alpha value is -1.39. The third kappa shape index (κ3) is 4.33. The summed E-state index contributed by atoms with van der Waals surface area (Å²) in [5, 5.41) is 12.9. The van der Waals surface area contributed by atoms with Gasteiger partial charge < -0.3 is 15.2 Å². The van der Waals surface area contributed by atoms with E-state index in [0.717, 1.165) is 5.56 Å². The summed E-state index contributed by atoms with van der Waals surface area (Å²) >= 11 is 0. The van der Waals surface area contributed by atoms with Crippen LogP contribution in [0.4, 0.5) is 0 Å². The van der Waals surface area contributed by atoms with Gasteiger partial charge in [0.25, 0.3) is 5.91 Å². The SMILES string of the molecule is CCC(O)(CC)CNC(=O)C(OC)c1ccccc1. The number of carbonyl (C=O) groups is 1. The summed E-state index contributed by atoms with van der Waals surface area (Å²) < 4.78 is 5.24. The lowest BCUT2D eigenvalue weighted by atomic mass is 9.97. The van der Waals surface area contributed by atoms with Crippen molar-refractivity contribution < 1.29 is 14.6 Å². The number of benzene rings is 1. The van der Waals surface area contributed by atoms with Crippen LogP contribution in [0.1, 0.15) is 38.4 Å². The van der Waals surface area contributed by atoms with E-state index in [0.29, 0.717) is 12.8 Å². The van der Waals surface area contributed by atoms with E-state index < -0.39 is 11.7 Å². The first-order valence-electron chi connectivity index (χ1n) is 6.64. The van der Waals surface area contributed by atoms with E-state index in [4.69, 9.17) is 4.74 Å². The number of methoxy groups -OCH3 is 1. The maximum Gasteiger partial charge on any atom is 0.253 e. The fraction of sp³-hybridized carbons (Fsp3) is 0.533. The number of hydrogen-bond donors (Lipinski definition) is 2. The second-order valence-electron chi connectivity index (χ2n) is 4.68. The van der Waals surface area contributed by atoms with Crippen molar-refractivity contribution in [3.05, 3.63) is 35.9 Å². The molecule has 0 aromatic heterocycles. The second kappa shape index (κ2) is 7.26. The molecule has 4 heteroatoms. The molecule has 2 N–H and O–H groups in total. The predicted molar refractivity (Wildman–Crippen MR) is 74.7 cm³/mol. The molecule has 0 spiro atoms. The zero-order valence-electron chi connectivity index (χ0n) is 11.8. The molecule has 1 atom stereocenters. The average molecular weight is 265 g/mol. The Labute approximate surface area is 114 Å². The molecule has 19 heavy (non-hydrogen) atoms. The molecule has 1 unspecified atom stereocenters. The highest BCUT2D eigenvalue weighted by Gasteiger charge is 2.26. The summed E-state index contributed by atoms with van der Waals surface area (Å²) in [6, 6.07) is 9.31. The highest BCUT2D eigenvalue weighted by Crippen LogP contribution is 2.18. The van der Waals surface area contributed by atoms with Crippen molar-refractivity contribution in [2.75, 3.05) is 13.7 Å². The molecule has 0 fully saturated rings. The van der Waals surface area contributed by atoms with Crippen LogP contribution in [-0.2, 0) is 9.53 Å². The summed E-state index contributed by atoms with van der Waals surface area (Å²) in [6.07, 6.45) is 0.568. The summed E-state index contributed by atoms with van der Waals surface area (Å²) in [4.78, 5) is 12.1. The average Bonchev–Trinajstić information content (AvgIpc) is 2.46. The summed E-state index contributed by atoms with van der Waals surface area (Å²) in [7, 11) is 1.50. The van der Waals surface area contributed by atoms with Gasteiger partial charge in [-0.05, 0) is 18.4 Å². The highest BCUT2D eigenvalue weighted by molar-refractivity contribution is 5.82. The van der Waals surface area contributed by atoms with Crippen molar-refractivity contribution in [2.24, 2.45) is 0 Å². The minimum Gasteiger partial charge on any atom is -0.388 e. The fourth-order valence-corrected chi connectivity index (χ4v) is 1.87. The molecule has 0 radical (unpaired) electrons. The topological polar surface area (TPSA) is 58.6 Å². The molecule has 0 bridgehead atoms. The first-order valence-corrected chi connectivity index (χ1v) is 6.64. The van der Waals surface area contributed by atoms with Gasteiger partial charge in [-0.1, -0.05) is 44.2 Å². The van der Waals surface area contributed by atoms with Gasteiger partial charge in [-0.15, -0.1) is 0 Å². The van der Waals surface area contributed by atoms with E-state index in [1.165, 1.54) is 7.11 Å². The van der Waals surface area contributed by atoms with Gasteiger partial charge in [0.15, 0.2) is 6.10 Å². The molecule has 1 rings (SSSR count). The van der Waals surface area contributed by atoms with E-state index in [-0.39, 0.29) is 12.5 Å². The maximum absolute atomic E-state index is 12.1. The monoisotopic (exact) mass is 265 g/mol. The molecule has 0 aliphatic heterocycles. The zero-order chi connectivity index (χ0) is 14.3. The van der Waals surface area contributed by atoms with Crippen LogP contribution in [0.2, 0.25) is 0 Å². The van der Waals surface area contributed by atoms with Crippen LogP contribution in [0.5, 0.6) is 0 Å². The second-order valence-corrected chi connectivity index (χ2v) is 4.68. The fourth-order valence-electron chi connectivity index (χ4n) is 1.87. The van der Waals surface area contributed by atoms with Gasteiger partial charge in [0.2, 0.25) is 0 Å². The van der Waals surface area contributed by atoms with E-state index in [1.54, 1.807) is 0 Å². The smallest absolute Gasteiger partial charge is 0.253 e. The van der Waals surface area contributed by atoms with Gasteiger partial charge in [0, 0.05) is 13.7 Å². The third-order valence-corrected chi connectivity index (χ3v) is 3.48. The van der Waals surface area contributed by atoms with Crippen LogP contribution in [0, 0.1) is 0 Å². The van der Waals surface area contributed by atoms with Crippen LogP contribution in [0.25, 0.3) is 0 Å². The lowest BCUT2D eigenvalue weighted by molar-refractivity contribution is -0.132. The summed E-state index contributed by atoms with van der Waals surface area (Å²) in [5.74, 6) is -0.228. The zero-order valence-corrected chi connectivity index (χ0v) is 11.8. The molecule has 106 valence electrons. The van der Waals surface area contributed by atoms with Gasteiger partial charge in [-0.2, -0.15) is 0 Å². The molecular formula is C15H23NO3. The van der Waals surface area contributed by atoms with Gasteiger partial charge >= 0.3 is 0 Å². The van der Waals surface area contributed by atoms with Crippen LogP contribution in [-0.4, -0.2) is 30.3 Å². The molecule has 0 aliphatic carbocycles. The van der Waals surface area contributed by atoms with Crippen molar-refractivity contribution in [1.29, 1.82) is 0 Å². The molecular weight excluding hydrogens is 242 g/mol. The van der Waals surface area contributed by atoms with E-state index in [9.17, 15) is 9.90 Å². The predicted octanol–water partition coefficient (Wildman–Crippen LogP) is 2.04. The van der Waals surface area contributed by atoms with Crippen LogP contribution < -0.4 is 5.32 Å². The van der Waals surface area contributed by atoms with Crippen molar-refractivity contribution in [1.82, 2.24) is 5.32 Å². The maximum atomic E-state index is 12.1. The van der Waals surface area contributed by atoms with Gasteiger partial charge in [0.05, 0.1) is 5.60 Å². The number of nitrogens with one attached hydrogen (secondary N) is 1. The van der Waals surface area contributed by atoms with E-state index in [1.807, 2.05) is 44.2 Å². The Morgan fingerprint density at radius 2 is 1.89 bits per heavy atom. The number of ether oxygens (including phenoxy) is 1. The highest BCUT2D eigenvalue weighted by atomic mass is 16.5. The first-order chi connectivity index (χ1) is 9.06. The van der Waals surface area contributed by atoms with Gasteiger partial charge in [-0.25, -0.2) is 0 Å². The Bertz CT molecular complexity index is 388.